The van der Waals surface area contributed by atoms with Crippen LogP contribution in [0.15, 0.2) is 28.7 Å². The Hall–Kier alpha value is -0.640. The average molecular weight is 383 g/mol. The van der Waals surface area contributed by atoms with Crippen LogP contribution < -0.4 is 5.32 Å². The van der Waals surface area contributed by atoms with E-state index in [4.69, 9.17) is 11.6 Å². The quantitative estimate of drug-likeness (QED) is 0.879. The van der Waals surface area contributed by atoms with Crippen molar-refractivity contribution in [1.29, 1.82) is 0 Å². The lowest BCUT2D eigenvalue weighted by Crippen LogP contribution is -2.49. The highest BCUT2D eigenvalue weighted by molar-refractivity contribution is 7.91. The summed E-state index contributed by atoms with van der Waals surface area (Å²) < 4.78 is 29.8. The minimum absolute atomic E-state index is 0. The number of sulfonamides is 1. The SMILES string of the molecule is Cl.Cn1ccnc1C1CNCCN1S(=O)(=O)c1ccc(Cl)s1. The molecular formula is C12H16Cl2N4O2S2. The zero-order chi connectivity index (χ0) is 15.0. The van der Waals surface area contributed by atoms with Gasteiger partial charge in [0.15, 0.2) is 0 Å². The van der Waals surface area contributed by atoms with Gasteiger partial charge in [0.1, 0.15) is 10.0 Å². The molecule has 0 saturated carbocycles. The van der Waals surface area contributed by atoms with Crippen molar-refractivity contribution < 1.29 is 8.42 Å². The first-order valence-corrected chi connectivity index (χ1v) is 9.09. The van der Waals surface area contributed by atoms with Gasteiger partial charge in [-0.15, -0.1) is 23.7 Å². The second-order valence-electron chi connectivity index (χ2n) is 4.79. The third-order valence-electron chi connectivity index (χ3n) is 3.46. The van der Waals surface area contributed by atoms with Gasteiger partial charge < -0.3 is 9.88 Å². The molecule has 3 rings (SSSR count). The third kappa shape index (κ3) is 3.17. The smallest absolute Gasteiger partial charge is 0.253 e. The van der Waals surface area contributed by atoms with Crippen LogP contribution in [0.4, 0.5) is 0 Å². The Kier molecular flexibility index (Phi) is 5.52. The van der Waals surface area contributed by atoms with Crippen molar-refractivity contribution in [1.82, 2.24) is 19.2 Å². The number of aromatic nitrogens is 2. The number of halogens is 2. The van der Waals surface area contributed by atoms with Crippen molar-refractivity contribution >= 4 is 45.4 Å². The number of hydrogen-bond acceptors (Lipinski definition) is 5. The van der Waals surface area contributed by atoms with E-state index in [2.05, 4.69) is 10.3 Å². The lowest BCUT2D eigenvalue weighted by molar-refractivity contribution is 0.259. The highest BCUT2D eigenvalue weighted by atomic mass is 35.5. The van der Waals surface area contributed by atoms with E-state index in [0.717, 1.165) is 17.2 Å². The minimum Gasteiger partial charge on any atom is -0.337 e. The van der Waals surface area contributed by atoms with Gasteiger partial charge in [-0.1, -0.05) is 11.6 Å². The monoisotopic (exact) mass is 382 g/mol. The van der Waals surface area contributed by atoms with Crippen molar-refractivity contribution in [3.8, 4) is 0 Å². The number of aryl methyl sites for hydroxylation is 1. The predicted octanol–water partition coefficient (Wildman–Crippen LogP) is 1.89. The first-order chi connectivity index (χ1) is 10.00. The molecule has 1 aliphatic rings. The van der Waals surface area contributed by atoms with Gasteiger partial charge >= 0.3 is 0 Å². The van der Waals surface area contributed by atoms with E-state index in [-0.39, 0.29) is 22.7 Å². The van der Waals surface area contributed by atoms with E-state index in [1.807, 2.05) is 17.8 Å². The number of thiophene rings is 1. The molecule has 10 heteroatoms. The van der Waals surface area contributed by atoms with Gasteiger partial charge in [0.25, 0.3) is 10.0 Å². The standard InChI is InChI=1S/C12H15ClN4O2S2.ClH/c1-16-6-5-15-12(16)9-8-14-4-7-17(9)21(18,19)11-3-2-10(13)20-11;/h2-3,5-6,9,14H,4,7-8H2,1H3;1H. The summed E-state index contributed by atoms with van der Waals surface area (Å²) in [6.45, 7) is 1.58. The van der Waals surface area contributed by atoms with Crippen LogP contribution in [0, 0.1) is 0 Å². The van der Waals surface area contributed by atoms with Crippen LogP contribution in [0.2, 0.25) is 4.34 Å². The Labute approximate surface area is 144 Å². The highest BCUT2D eigenvalue weighted by Gasteiger charge is 2.37. The molecule has 1 saturated heterocycles. The van der Waals surface area contributed by atoms with Gasteiger partial charge in [0.2, 0.25) is 0 Å². The molecule has 3 heterocycles. The van der Waals surface area contributed by atoms with E-state index in [0.29, 0.717) is 24.0 Å². The number of imidazole rings is 1. The molecule has 0 aliphatic carbocycles. The van der Waals surface area contributed by atoms with Crippen LogP contribution in [0.25, 0.3) is 0 Å². The minimum atomic E-state index is -3.56. The van der Waals surface area contributed by atoms with E-state index in [1.165, 1.54) is 4.31 Å². The summed E-state index contributed by atoms with van der Waals surface area (Å²) in [5, 5.41) is 3.23. The molecule has 1 aliphatic heterocycles. The lowest BCUT2D eigenvalue weighted by Gasteiger charge is -2.34. The fraction of sp³-hybridized carbons (Fsp3) is 0.417. The summed E-state index contributed by atoms with van der Waals surface area (Å²) in [5.41, 5.74) is 0. The Balaban J connectivity index is 0.00000176. The van der Waals surface area contributed by atoms with Gasteiger partial charge in [0.05, 0.1) is 10.4 Å². The van der Waals surface area contributed by atoms with Gasteiger partial charge in [-0.05, 0) is 12.1 Å². The molecule has 6 nitrogen and oxygen atoms in total. The van der Waals surface area contributed by atoms with Crippen molar-refractivity contribution in [3.63, 3.8) is 0 Å². The molecule has 1 fully saturated rings. The fourth-order valence-electron chi connectivity index (χ4n) is 2.44. The van der Waals surface area contributed by atoms with Crippen LogP contribution in [-0.4, -0.2) is 41.9 Å². The van der Waals surface area contributed by atoms with Crippen molar-refractivity contribution in [3.05, 3.63) is 34.7 Å². The average Bonchev–Trinajstić information content (AvgIpc) is 3.08. The van der Waals surface area contributed by atoms with Gasteiger partial charge in [0, 0.05) is 39.1 Å². The molecule has 1 unspecified atom stereocenters. The molecule has 1 atom stereocenters. The molecule has 22 heavy (non-hydrogen) atoms. The van der Waals surface area contributed by atoms with Crippen molar-refractivity contribution in [2.24, 2.45) is 7.05 Å². The zero-order valence-corrected chi connectivity index (χ0v) is 15.0. The molecule has 0 aromatic carbocycles. The maximum absolute atomic E-state index is 12.8. The molecule has 0 spiro atoms. The van der Waals surface area contributed by atoms with Crippen LogP contribution >= 0.6 is 35.3 Å². The Morgan fingerprint density at radius 3 is 2.82 bits per heavy atom. The first-order valence-electron chi connectivity index (χ1n) is 6.45. The van der Waals surface area contributed by atoms with Gasteiger partial charge in [-0.2, -0.15) is 4.31 Å². The maximum atomic E-state index is 12.8. The number of nitrogens with zero attached hydrogens (tertiary/aromatic N) is 3. The number of piperazine rings is 1. The van der Waals surface area contributed by atoms with E-state index < -0.39 is 10.0 Å². The van der Waals surface area contributed by atoms with Gasteiger partial charge in [-0.3, -0.25) is 0 Å². The van der Waals surface area contributed by atoms with E-state index in [9.17, 15) is 8.42 Å². The predicted molar refractivity (Wildman–Crippen MR) is 89.3 cm³/mol. The van der Waals surface area contributed by atoms with Crippen molar-refractivity contribution in [2.75, 3.05) is 19.6 Å². The summed E-state index contributed by atoms with van der Waals surface area (Å²) in [4.78, 5) is 4.30. The molecule has 1 N–H and O–H groups in total. The summed E-state index contributed by atoms with van der Waals surface area (Å²) >= 11 is 6.95. The number of hydrogen-bond donors (Lipinski definition) is 1. The molecule has 0 amide bonds. The molecule has 2 aromatic heterocycles. The molecule has 122 valence electrons. The number of nitrogens with one attached hydrogen (secondary N) is 1. The Morgan fingerprint density at radius 2 is 2.23 bits per heavy atom. The van der Waals surface area contributed by atoms with Crippen LogP contribution in [0.3, 0.4) is 0 Å². The summed E-state index contributed by atoms with van der Waals surface area (Å²) in [6, 6.07) is 2.85. The third-order valence-corrected chi connectivity index (χ3v) is 7.07. The number of rotatable bonds is 3. The summed E-state index contributed by atoms with van der Waals surface area (Å²) in [7, 11) is -1.69. The summed E-state index contributed by atoms with van der Waals surface area (Å²) in [5.74, 6) is 0.730. The highest BCUT2D eigenvalue weighted by Crippen LogP contribution is 2.32. The second kappa shape index (κ2) is 6.86. The van der Waals surface area contributed by atoms with E-state index in [1.54, 1.807) is 18.3 Å². The summed E-state index contributed by atoms with van der Waals surface area (Å²) in [6.07, 6.45) is 3.49. The van der Waals surface area contributed by atoms with E-state index >= 15 is 0 Å². The van der Waals surface area contributed by atoms with Gasteiger partial charge in [-0.25, -0.2) is 13.4 Å². The van der Waals surface area contributed by atoms with Crippen LogP contribution in [0.1, 0.15) is 11.9 Å². The fourth-order valence-corrected chi connectivity index (χ4v) is 5.64. The van der Waals surface area contributed by atoms with Crippen molar-refractivity contribution in [2.45, 2.75) is 10.3 Å². The van der Waals surface area contributed by atoms with Crippen LogP contribution in [-0.2, 0) is 17.1 Å². The topological polar surface area (TPSA) is 67.2 Å². The molecule has 2 aromatic rings. The van der Waals surface area contributed by atoms with Crippen LogP contribution in [0.5, 0.6) is 0 Å². The zero-order valence-electron chi connectivity index (χ0n) is 11.8. The molecule has 0 bridgehead atoms. The lowest BCUT2D eigenvalue weighted by atomic mass is 10.2. The first kappa shape index (κ1) is 17.7. The Morgan fingerprint density at radius 1 is 1.45 bits per heavy atom. The normalized spacial score (nSPS) is 19.8. The second-order valence-corrected chi connectivity index (χ2v) is 8.62. The Bertz CT molecular complexity index is 744. The molecule has 0 radical (unpaired) electrons. The largest absolute Gasteiger partial charge is 0.337 e. The maximum Gasteiger partial charge on any atom is 0.253 e. The molecular weight excluding hydrogens is 367 g/mol.